The highest BCUT2D eigenvalue weighted by atomic mass is 16.7. The summed E-state index contributed by atoms with van der Waals surface area (Å²) >= 11 is 0. The van der Waals surface area contributed by atoms with Gasteiger partial charge in [-0.3, -0.25) is 0 Å². The molecule has 1 aliphatic heterocycles. The van der Waals surface area contributed by atoms with E-state index in [0.717, 1.165) is 19.3 Å². The molecule has 2 atom stereocenters. The van der Waals surface area contributed by atoms with Gasteiger partial charge in [-0.1, -0.05) is 0 Å². The molecule has 3 nitrogen and oxygen atoms in total. The van der Waals surface area contributed by atoms with Gasteiger partial charge in [-0.2, -0.15) is 0 Å². The summed E-state index contributed by atoms with van der Waals surface area (Å²) in [6, 6.07) is 0. The van der Waals surface area contributed by atoms with Crippen LogP contribution in [0.1, 0.15) is 33.1 Å². The third kappa shape index (κ3) is 0.774. The van der Waals surface area contributed by atoms with E-state index in [2.05, 4.69) is 0 Å². The van der Waals surface area contributed by atoms with Crippen molar-refractivity contribution in [3.05, 3.63) is 0 Å². The second kappa shape index (κ2) is 2.22. The van der Waals surface area contributed by atoms with E-state index in [1.54, 1.807) is 0 Å². The molecule has 2 unspecified atom stereocenters. The van der Waals surface area contributed by atoms with E-state index in [1.807, 2.05) is 13.8 Å². The summed E-state index contributed by atoms with van der Waals surface area (Å²) in [5.74, 6) is -0.162. The molecule has 0 aromatic rings. The number of esters is 1. The Morgan fingerprint density at radius 2 is 2.33 bits per heavy atom. The van der Waals surface area contributed by atoms with Gasteiger partial charge in [0.2, 0.25) is 0 Å². The van der Waals surface area contributed by atoms with E-state index in [9.17, 15) is 4.79 Å². The van der Waals surface area contributed by atoms with E-state index < -0.39 is 5.60 Å². The molecule has 12 heavy (non-hydrogen) atoms. The van der Waals surface area contributed by atoms with Crippen LogP contribution >= 0.6 is 0 Å². The Morgan fingerprint density at radius 3 is 2.75 bits per heavy atom. The summed E-state index contributed by atoms with van der Waals surface area (Å²) in [6.07, 6.45) is 2.91. The zero-order valence-corrected chi connectivity index (χ0v) is 7.55. The highest BCUT2D eigenvalue weighted by Crippen LogP contribution is 2.59. The molecule has 1 saturated heterocycles. The van der Waals surface area contributed by atoms with E-state index >= 15 is 0 Å². The quantitative estimate of drug-likeness (QED) is 0.462. The summed E-state index contributed by atoms with van der Waals surface area (Å²) in [4.78, 5) is 11.5. The molecular weight excluding hydrogens is 156 g/mol. The number of ether oxygens (including phenoxy) is 2. The molecule has 2 fully saturated rings. The number of carbonyl (C=O) groups is 1. The minimum Gasteiger partial charge on any atom is -0.464 e. The second-order valence-electron chi connectivity index (χ2n) is 3.73. The van der Waals surface area contributed by atoms with Crippen LogP contribution in [-0.4, -0.2) is 23.8 Å². The van der Waals surface area contributed by atoms with Crippen LogP contribution in [-0.2, 0) is 14.3 Å². The third-order valence-corrected chi connectivity index (χ3v) is 3.00. The Kier molecular flexibility index (Phi) is 1.49. The van der Waals surface area contributed by atoms with Gasteiger partial charge in [-0.05, 0) is 33.1 Å². The number of hydrogen-bond acceptors (Lipinski definition) is 3. The van der Waals surface area contributed by atoms with Crippen LogP contribution in [0.15, 0.2) is 0 Å². The van der Waals surface area contributed by atoms with E-state index in [4.69, 9.17) is 9.47 Å². The molecular formula is C9H14O3. The Hall–Kier alpha value is -0.570. The van der Waals surface area contributed by atoms with Gasteiger partial charge in [0, 0.05) is 0 Å². The lowest BCUT2D eigenvalue weighted by Gasteiger charge is -2.07. The summed E-state index contributed by atoms with van der Waals surface area (Å²) in [5.41, 5.74) is -0.748. The lowest BCUT2D eigenvalue weighted by molar-refractivity contribution is -0.149. The van der Waals surface area contributed by atoms with Crippen molar-refractivity contribution < 1.29 is 14.3 Å². The van der Waals surface area contributed by atoms with Gasteiger partial charge < -0.3 is 9.47 Å². The average molecular weight is 170 g/mol. The molecule has 0 bridgehead atoms. The van der Waals surface area contributed by atoms with Crippen LogP contribution in [0.25, 0.3) is 0 Å². The molecule has 0 spiro atoms. The van der Waals surface area contributed by atoms with E-state index in [0.29, 0.717) is 6.61 Å². The summed E-state index contributed by atoms with van der Waals surface area (Å²) < 4.78 is 10.4. The molecule has 0 N–H and O–H groups in total. The molecule has 1 saturated carbocycles. The molecule has 2 rings (SSSR count). The lowest BCUT2D eigenvalue weighted by Crippen LogP contribution is -2.30. The maximum absolute atomic E-state index is 11.5. The van der Waals surface area contributed by atoms with Crippen LogP contribution in [0.4, 0.5) is 0 Å². The number of epoxide rings is 1. The number of hydrogen-bond donors (Lipinski definition) is 0. The molecule has 3 heteroatoms. The monoisotopic (exact) mass is 170 g/mol. The van der Waals surface area contributed by atoms with Gasteiger partial charge in [-0.15, -0.1) is 0 Å². The number of fused-ring (bicyclic) bond motifs is 1. The smallest absolute Gasteiger partial charge is 0.341 e. The van der Waals surface area contributed by atoms with E-state index in [-0.39, 0.29) is 11.6 Å². The third-order valence-electron chi connectivity index (χ3n) is 3.00. The Labute approximate surface area is 72.0 Å². The van der Waals surface area contributed by atoms with Crippen molar-refractivity contribution in [1.29, 1.82) is 0 Å². The first-order valence-electron chi connectivity index (χ1n) is 4.52. The van der Waals surface area contributed by atoms with Gasteiger partial charge in [0.05, 0.1) is 6.61 Å². The van der Waals surface area contributed by atoms with Gasteiger partial charge in [0.25, 0.3) is 0 Å². The molecule has 0 radical (unpaired) electrons. The van der Waals surface area contributed by atoms with Gasteiger partial charge in [0.15, 0.2) is 5.60 Å². The van der Waals surface area contributed by atoms with Crippen molar-refractivity contribution in [2.24, 2.45) is 0 Å². The Morgan fingerprint density at radius 1 is 1.58 bits per heavy atom. The fraction of sp³-hybridized carbons (Fsp3) is 0.889. The molecule has 68 valence electrons. The van der Waals surface area contributed by atoms with Crippen molar-refractivity contribution in [2.75, 3.05) is 6.61 Å². The first-order valence-corrected chi connectivity index (χ1v) is 4.52. The molecule has 0 aromatic heterocycles. The summed E-state index contributed by atoms with van der Waals surface area (Å²) in [5, 5.41) is 0. The second-order valence-corrected chi connectivity index (χ2v) is 3.73. The molecule has 2 aliphatic rings. The molecule has 1 heterocycles. The van der Waals surface area contributed by atoms with Crippen molar-refractivity contribution in [2.45, 2.75) is 44.3 Å². The first-order chi connectivity index (χ1) is 5.65. The fourth-order valence-electron chi connectivity index (χ4n) is 2.21. The van der Waals surface area contributed by atoms with Gasteiger partial charge in [-0.25, -0.2) is 4.79 Å². The van der Waals surface area contributed by atoms with Crippen LogP contribution in [0.5, 0.6) is 0 Å². The topological polar surface area (TPSA) is 38.8 Å². The van der Waals surface area contributed by atoms with Crippen molar-refractivity contribution in [3.8, 4) is 0 Å². The molecule has 0 aromatic carbocycles. The normalized spacial score (nSPS) is 43.8. The zero-order chi connectivity index (χ0) is 8.82. The summed E-state index contributed by atoms with van der Waals surface area (Å²) in [6.45, 7) is 4.26. The first kappa shape index (κ1) is 8.05. The largest absolute Gasteiger partial charge is 0.464 e. The minimum absolute atomic E-state index is 0.162. The van der Waals surface area contributed by atoms with Gasteiger partial charge in [0.1, 0.15) is 5.60 Å². The Bertz CT molecular complexity index is 222. The fourth-order valence-corrected chi connectivity index (χ4v) is 2.21. The standard InChI is InChI=1S/C9H14O3/c1-3-11-7(10)9-6-4-5-8(9,2)12-9/h3-6H2,1-2H3. The van der Waals surface area contributed by atoms with Crippen molar-refractivity contribution in [1.82, 2.24) is 0 Å². The van der Waals surface area contributed by atoms with Crippen LogP contribution < -0.4 is 0 Å². The van der Waals surface area contributed by atoms with E-state index in [1.165, 1.54) is 0 Å². The summed E-state index contributed by atoms with van der Waals surface area (Å²) in [7, 11) is 0. The maximum atomic E-state index is 11.5. The maximum Gasteiger partial charge on any atom is 0.341 e. The predicted molar refractivity (Wildman–Crippen MR) is 42.7 cm³/mol. The van der Waals surface area contributed by atoms with Crippen LogP contribution in [0, 0.1) is 0 Å². The highest BCUT2D eigenvalue weighted by molar-refractivity contribution is 5.85. The van der Waals surface area contributed by atoms with Crippen molar-refractivity contribution in [3.63, 3.8) is 0 Å². The number of rotatable bonds is 2. The van der Waals surface area contributed by atoms with Crippen LogP contribution in [0.3, 0.4) is 0 Å². The number of carbonyl (C=O) groups excluding carboxylic acids is 1. The SMILES string of the molecule is CCOC(=O)C12CCCC1(C)O2. The van der Waals surface area contributed by atoms with Gasteiger partial charge >= 0.3 is 5.97 Å². The molecule has 1 aliphatic carbocycles. The highest BCUT2D eigenvalue weighted by Gasteiger charge is 2.75. The predicted octanol–water partition coefficient (Wildman–Crippen LogP) is 1.26. The van der Waals surface area contributed by atoms with Crippen LogP contribution in [0.2, 0.25) is 0 Å². The average Bonchev–Trinajstić information content (AvgIpc) is 2.48. The minimum atomic E-state index is -0.553. The molecule has 0 amide bonds. The van der Waals surface area contributed by atoms with Crippen molar-refractivity contribution >= 4 is 5.97 Å². The zero-order valence-electron chi connectivity index (χ0n) is 7.55. The Balaban J connectivity index is 2.09. The lowest BCUT2D eigenvalue weighted by atomic mass is 9.99.